The molecule has 1 aromatic heterocycles. The number of hydrogen-bond donors (Lipinski definition) is 1. The molecule has 2 rings (SSSR count). The standard InChI is InChI=1S/C10H11N3O2/c1-2-3-7-9(13(14)15)5-4-8-10(7)12-6-11-8/h4-6H,2-3H2,1H3,(H,11,12). The summed E-state index contributed by atoms with van der Waals surface area (Å²) < 4.78 is 0. The molecule has 1 aromatic carbocycles. The summed E-state index contributed by atoms with van der Waals surface area (Å²) in [5.74, 6) is 0. The van der Waals surface area contributed by atoms with E-state index in [4.69, 9.17) is 0 Å². The van der Waals surface area contributed by atoms with Crippen LogP contribution in [0.25, 0.3) is 11.0 Å². The number of fused-ring (bicyclic) bond motifs is 1. The molecule has 1 heterocycles. The van der Waals surface area contributed by atoms with Crippen molar-refractivity contribution in [2.24, 2.45) is 0 Å². The van der Waals surface area contributed by atoms with Gasteiger partial charge in [-0.1, -0.05) is 13.3 Å². The van der Waals surface area contributed by atoms with Gasteiger partial charge in [-0.2, -0.15) is 0 Å². The van der Waals surface area contributed by atoms with E-state index in [-0.39, 0.29) is 10.6 Å². The van der Waals surface area contributed by atoms with Gasteiger partial charge in [-0.25, -0.2) is 4.98 Å². The van der Waals surface area contributed by atoms with E-state index in [9.17, 15) is 10.1 Å². The third-order valence-electron chi connectivity index (χ3n) is 2.37. The Hall–Kier alpha value is -1.91. The van der Waals surface area contributed by atoms with E-state index in [1.165, 1.54) is 6.07 Å². The van der Waals surface area contributed by atoms with E-state index in [0.29, 0.717) is 11.9 Å². The molecule has 0 saturated carbocycles. The summed E-state index contributed by atoms with van der Waals surface area (Å²) in [6.07, 6.45) is 3.11. The van der Waals surface area contributed by atoms with Gasteiger partial charge in [0.15, 0.2) is 0 Å². The van der Waals surface area contributed by atoms with Crippen LogP contribution in [0.2, 0.25) is 0 Å². The van der Waals surface area contributed by atoms with Crippen LogP contribution >= 0.6 is 0 Å². The van der Waals surface area contributed by atoms with Crippen LogP contribution in [0.5, 0.6) is 0 Å². The third kappa shape index (κ3) is 1.56. The number of H-pyrrole nitrogens is 1. The fourth-order valence-electron chi connectivity index (χ4n) is 1.72. The second-order valence-corrected chi connectivity index (χ2v) is 3.37. The lowest BCUT2D eigenvalue weighted by molar-refractivity contribution is -0.385. The van der Waals surface area contributed by atoms with Crippen LogP contribution in [0.15, 0.2) is 18.5 Å². The van der Waals surface area contributed by atoms with E-state index in [2.05, 4.69) is 9.97 Å². The lowest BCUT2D eigenvalue weighted by Crippen LogP contribution is -1.96. The molecule has 0 bridgehead atoms. The first-order chi connectivity index (χ1) is 7.24. The number of nitrogens with one attached hydrogen (secondary N) is 1. The maximum atomic E-state index is 10.8. The number of nitro groups is 1. The van der Waals surface area contributed by atoms with Crippen LogP contribution in [0.1, 0.15) is 18.9 Å². The molecule has 0 spiro atoms. The van der Waals surface area contributed by atoms with Gasteiger partial charge in [-0.15, -0.1) is 0 Å². The molecule has 5 nitrogen and oxygen atoms in total. The molecule has 78 valence electrons. The van der Waals surface area contributed by atoms with Crippen molar-refractivity contribution < 1.29 is 4.92 Å². The summed E-state index contributed by atoms with van der Waals surface area (Å²) in [5.41, 5.74) is 2.45. The monoisotopic (exact) mass is 205 g/mol. The quantitative estimate of drug-likeness (QED) is 0.617. The molecule has 0 atom stereocenters. The summed E-state index contributed by atoms with van der Waals surface area (Å²) in [6, 6.07) is 3.23. The first-order valence-corrected chi connectivity index (χ1v) is 4.83. The smallest absolute Gasteiger partial charge is 0.274 e. The van der Waals surface area contributed by atoms with Crippen molar-refractivity contribution in [3.05, 3.63) is 34.1 Å². The Bertz CT molecular complexity index is 504. The maximum absolute atomic E-state index is 10.8. The number of aromatic nitrogens is 2. The number of nitro benzene ring substituents is 1. The van der Waals surface area contributed by atoms with Crippen molar-refractivity contribution in [1.29, 1.82) is 0 Å². The zero-order valence-electron chi connectivity index (χ0n) is 8.36. The minimum atomic E-state index is -0.348. The van der Waals surface area contributed by atoms with E-state index < -0.39 is 0 Å². The van der Waals surface area contributed by atoms with Gasteiger partial charge in [0.25, 0.3) is 5.69 Å². The van der Waals surface area contributed by atoms with Gasteiger partial charge in [-0.3, -0.25) is 10.1 Å². The molecule has 0 aliphatic rings. The zero-order chi connectivity index (χ0) is 10.8. The molecular weight excluding hydrogens is 194 g/mol. The molecule has 0 amide bonds. The lowest BCUT2D eigenvalue weighted by Gasteiger charge is -2.01. The van der Waals surface area contributed by atoms with Crippen molar-refractivity contribution >= 4 is 16.7 Å². The average molecular weight is 205 g/mol. The molecule has 0 aliphatic heterocycles. The number of aromatic amines is 1. The van der Waals surface area contributed by atoms with Gasteiger partial charge in [0.05, 0.1) is 27.8 Å². The Balaban J connectivity index is 2.69. The van der Waals surface area contributed by atoms with Crippen LogP contribution in [0, 0.1) is 10.1 Å². The Kier molecular flexibility index (Phi) is 2.37. The van der Waals surface area contributed by atoms with Crippen LogP contribution in [-0.4, -0.2) is 14.9 Å². The predicted molar refractivity (Wildman–Crippen MR) is 56.7 cm³/mol. The highest BCUT2D eigenvalue weighted by atomic mass is 16.6. The number of imidazole rings is 1. The number of rotatable bonds is 3. The molecule has 1 N–H and O–H groups in total. The number of aryl methyl sites for hydroxylation is 1. The highest BCUT2D eigenvalue weighted by Gasteiger charge is 2.17. The molecule has 0 unspecified atom stereocenters. The second kappa shape index (κ2) is 3.68. The number of hydrogen-bond acceptors (Lipinski definition) is 3. The topological polar surface area (TPSA) is 71.8 Å². The van der Waals surface area contributed by atoms with E-state index >= 15 is 0 Å². The van der Waals surface area contributed by atoms with Crippen molar-refractivity contribution in [1.82, 2.24) is 9.97 Å². The Morgan fingerprint density at radius 2 is 2.33 bits per heavy atom. The zero-order valence-corrected chi connectivity index (χ0v) is 8.36. The molecule has 5 heteroatoms. The van der Waals surface area contributed by atoms with Gasteiger partial charge in [-0.05, 0) is 12.5 Å². The van der Waals surface area contributed by atoms with Gasteiger partial charge < -0.3 is 4.98 Å². The highest BCUT2D eigenvalue weighted by molar-refractivity contribution is 5.82. The summed E-state index contributed by atoms with van der Waals surface area (Å²) in [7, 11) is 0. The molecule has 0 saturated heterocycles. The minimum absolute atomic E-state index is 0.163. The van der Waals surface area contributed by atoms with Crippen molar-refractivity contribution in [2.45, 2.75) is 19.8 Å². The SMILES string of the molecule is CCCc1c([N+](=O)[O-])ccc2[nH]cnc12. The minimum Gasteiger partial charge on any atom is -0.345 e. The first kappa shape index (κ1) is 9.64. The summed E-state index contributed by atoms with van der Waals surface area (Å²) in [6.45, 7) is 2.00. The first-order valence-electron chi connectivity index (χ1n) is 4.83. The lowest BCUT2D eigenvalue weighted by atomic mass is 10.1. The van der Waals surface area contributed by atoms with Crippen molar-refractivity contribution in [3.63, 3.8) is 0 Å². The molecule has 0 aliphatic carbocycles. The Morgan fingerprint density at radius 3 is 3.00 bits per heavy atom. The van der Waals surface area contributed by atoms with Crippen LogP contribution in [0.3, 0.4) is 0 Å². The summed E-state index contributed by atoms with van der Waals surface area (Å²) >= 11 is 0. The van der Waals surface area contributed by atoms with Crippen LogP contribution in [0.4, 0.5) is 5.69 Å². The van der Waals surface area contributed by atoms with Crippen molar-refractivity contribution in [2.75, 3.05) is 0 Å². The van der Waals surface area contributed by atoms with Gasteiger partial charge in [0.2, 0.25) is 0 Å². The maximum Gasteiger partial charge on any atom is 0.274 e. The Labute approximate surface area is 86.3 Å². The largest absolute Gasteiger partial charge is 0.345 e. The number of benzene rings is 1. The van der Waals surface area contributed by atoms with Crippen LogP contribution < -0.4 is 0 Å². The summed E-state index contributed by atoms with van der Waals surface area (Å²) in [5, 5.41) is 10.8. The molecule has 0 fully saturated rings. The average Bonchev–Trinajstić information content (AvgIpc) is 2.66. The molecule has 2 aromatic rings. The highest BCUT2D eigenvalue weighted by Crippen LogP contribution is 2.26. The molecular formula is C10H11N3O2. The summed E-state index contributed by atoms with van der Waals surface area (Å²) in [4.78, 5) is 17.6. The van der Waals surface area contributed by atoms with Gasteiger partial charge in [0, 0.05) is 6.07 Å². The van der Waals surface area contributed by atoms with Gasteiger partial charge >= 0.3 is 0 Å². The second-order valence-electron chi connectivity index (χ2n) is 3.37. The molecule has 0 radical (unpaired) electrons. The fourth-order valence-corrected chi connectivity index (χ4v) is 1.72. The van der Waals surface area contributed by atoms with E-state index in [1.54, 1.807) is 12.4 Å². The van der Waals surface area contributed by atoms with Crippen LogP contribution in [-0.2, 0) is 6.42 Å². The predicted octanol–water partition coefficient (Wildman–Crippen LogP) is 2.42. The van der Waals surface area contributed by atoms with E-state index in [1.807, 2.05) is 6.92 Å². The van der Waals surface area contributed by atoms with Crippen molar-refractivity contribution in [3.8, 4) is 0 Å². The van der Waals surface area contributed by atoms with E-state index in [0.717, 1.165) is 17.5 Å². The number of nitrogens with zero attached hydrogens (tertiary/aromatic N) is 2. The normalized spacial score (nSPS) is 10.7. The third-order valence-corrected chi connectivity index (χ3v) is 2.37. The molecule has 15 heavy (non-hydrogen) atoms. The van der Waals surface area contributed by atoms with Gasteiger partial charge in [0.1, 0.15) is 0 Å². The Morgan fingerprint density at radius 1 is 1.53 bits per heavy atom. The fraction of sp³-hybridized carbons (Fsp3) is 0.300.